The van der Waals surface area contributed by atoms with Crippen molar-refractivity contribution in [2.45, 2.75) is 27.0 Å². The van der Waals surface area contributed by atoms with Gasteiger partial charge in [-0.25, -0.2) is 4.98 Å². The van der Waals surface area contributed by atoms with Crippen LogP contribution in [0.5, 0.6) is 0 Å². The predicted octanol–water partition coefficient (Wildman–Crippen LogP) is 4.39. The fourth-order valence-corrected chi connectivity index (χ4v) is 3.90. The summed E-state index contributed by atoms with van der Waals surface area (Å²) in [5.74, 6) is 8.06. The Morgan fingerprint density at radius 2 is 2.00 bits per heavy atom. The number of aromatic nitrogens is 5. The summed E-state index contributed by atoms with van der Waals surface area (Å²) >= 11 is 6.32. The Bertz CT molecular complexity index is 1340. The number of rotatable bonds is 3. The first-order valence-corrected chi connectivity index (χ1v) is 10.5. The molecule has 0 saturated heterocycles. The highest BCUT2D eigenvalue weighted by Gasteiger charge is 2.25. The van der Waals surface area contributed by atoms with E-state index in [0.29, 0.717) is 24.8 Å². The van der Waals surface area contributed by atoms with Gasteiger partial charge in [0.25, 0.3) is 0 Å². The topological polar surface area (TPSA) is 57.8 Å². The summed E-state index contributed by atoms with van der Waals surface area (Å²) in [6.07, 6.45) is 1.81. The molecule has 1 aliphatic heterocycles. The van der Waals surface area contributed by atoms with E-state index < -0.39 is 0 Å². The molecule has 154 valence electrons. The molecule has 0 aliphatic carbocycles. The molecular weight excluding hydrogens is 410 g/mol. The van der Waals surface area contributed by atoms with E-state index in [0.717, 1.165) is 45.4 Å². The number of fused-ring (bicyclic) bond motifs is 5. The van der Waals surface area contributed by atoms with Crippen LogP contribution in [0.2, 0.25) is 5.02 Å². The maximum Gasteiger partial charge on any atom is 0.166 e. The minimum atomic E-state index is 0.387. The number of halogens is 1. The van der Waals surface area contributed by atoms with Crippen LogP contribution in [0.3, 0.4) is 0 Å². The maximum absolute atomic E-state index is 6.32. The average molecular weight is 430 g/mol. The Labute approximate surface area is 185 Å². The van der Waals surface area contributed by atoms with E-state index in [2.05, 4.69) is 49.1 Å². The molecule has 31 heavy (non-hydrogen) atoms. The fraction of sp³-hybridized carbons (Fsp3) is 0.208. The number of hydrogen-bond acceptors (Lipinski definition) is 4. The molecule has 0 N–H and O–H groups in total. The zero-order chi connectivity index (χ0) is 21.4. The number of imidazole rings is 1. The Kier molecular flexibility index (Phi) is 5.06. The van der Waals surface area contributed by atoms with E-state index in [1.807, 2.05) is 49.6 Å². The Morgan fingerprint density at radius 3 is 2.84 bits per heavy atom. The van der Waals surface area contributed by atoms with Crippen molar-refractivity contribution in [2.24, 2.45) is 0 Å². The molecule has 0 spiro atoms. The first kappa shape index (κ1) is 19.6. The lowest BCUT2D eigenvalue weighted by Gasteiger charge is -2.08. The van der Waals surface area contributed by atoms with Gasteiger partial charge >= 0.3 is 0 Å². The molecule has 0 fully saturated rings. The Balaban J connectivity index is 1.67. The second kappa shape index (κ2) is 8.03. The molecule has 0 radical (unpaired) electrons. The number of aryl methyl sites for hydroxylation is 1. The molecule has 2 aromatic carbocycles. The lowest BCUT2D eigenvalue weighted by molar-refractivity contribution is 0.125. The smallest absolute Gasteiger partial charge is 0.166 e. The summed E-state index contributed by atoms with van der Waals surface area (Å²) in [5, 5.41) is 9.47. The van der Waals surface area contributed by atoms with Crippen molar-refractivity contribution in [1.82, 2.24) is 24.3 Å². The minimum absolute atomic E-state index is 0.387. The molecule has 2 aromatic heterocycles. The van der Waals surface area contributed by atoms with Gasteiger partial charge in [-0.3, -0.25) is 4.57 Å². The summed E-state index contributed by atoms with van der Waals surface area (Å²) in [6, 6.07) is 13.8. The van der Waals surface area contributed by atoms with Crippen LogP contribution in [-0.4, -0.2) is 30.9 Å². The van der Waals surface area contributed by atoms with Crippen LogP contribution in [0.4, 0.5) is 0 Å². The van der Waals surface area contributed by atoms with Crippen LogP contribution >= 0.6 is 11.6 Å². The van der Waals surface area contributed by atoms with E-state index in [9.17, 15) is 0 Å². The first-order chi connectivity index (χ1) is 15.2. The number of hydrogen-bond donors (Lipinski definition) is 0. The van der Waals surface area contributed by atoms with Gasteiger partial charge < -0.3 is 9.30 Å². The van der Waals surface area contributed by atoms with Crippen molar-refractivity contribution in [1.29, 1.82) is 0 Å². The molecule has 7 heteroatoms. The van der Waals surface area contributed by atoms with E-state index in [-0.39, 0.29) is 0 Å². The lowest BCUT2D eigenvalue weighted by atomic mass is 10.1. The highest BCUT2D eigenvalue weighted by atomic mass is 35.5. The van der Waals surface area contributed by atoms with Crippen LogP contribution in [0.25, 0.3) is 17.1 Å². The molecule has 4 aromatic rings. The summed E-state index contributed by atoms with van der Waals surface area (Å²) in [4.78, 5) is 4.63. The van der Waals surface area contributed by atoms with Crippen LogP contribution in [0.1, 0.15) is 35.3 Å². The molecule has 3 heterocycles. The molecule has 0 atom stereocenters. The molecule has 6 nitrogen and oxygen atoms in total. The van der Waals surface area contributed by atoms with Gasteiger partial charge in [0.2, 0.25) is 0 Å². The standard InChI is InChI=1S/C24H20ClN5O/c1-3-31-14-23-27-28-24-19-12-18(25)9-11-21(19)30-15-26-20(22(30)13-29(23)24)10-8-17-7-5-4-6-16(17)2/h4-7,9,11-12,15H,3,13-14H2,1-2H3. The molecule has 0 bridgehead atoms. The minimum Gasteiger partial charge on any atom is -0.374 e. The SMILES string of the molecule is CCOCc1nnc2n1Cc1c(C#Cc3ccccc3C)ncn1-c1ccc(Cl)cc1-2. The molecule has 0 saturated carbocycles. The molecule has 0 amide bonds. The lowest BCUT2D eigenvalue weighted by Crippen LogP contribution is -2.09. The van der Waals surface area contributed by atoms with Crippen molar-refractivity contribution in [2.75, 3.05) is 6.61 Å². The second-order valence-electron chi connectivity index (χ2n) is 7.30. The van der Waals surface area contributed by atoms with Gasteiger partial charge in [-0.2, -0.15) is 0 Å². The van der Waals surface area contributed by atoms with Gasteiger partial charge in [-0.1, -0.05) is 35.7 Å². The van der Waals surface area contributed by atoms with Gasteiger partial charge in [0.05, 0.1) is 17.9 Å². The van der Waals surface area contributed by atoms with Gasteiger partial charge in [-0.05, 0) is 49.6 Å². The van der Waals surface area contributed by atoms with Crippen LogP contribution < -0.4 is 0 Å². The van der Waals surface area contributed by atoms with Gasteiger partial charge in [0.15, 0.2) is 11.6 Å². The Morgan fingerprint density at radius 1 is 1.13 bits per heavy atom. The third-order valence-electron chi connectivity index (χ3n) is 5.36. The first-order valence-electron chi connectivity index (χ1n) is 10.1. The summed E-state index contributed by atoms with van der Waals surface area (Å²) in [5.41, 5.74) is 5.68. The van der Waals surface area contributed by atoms with E-state index in [4.69, 9.17) is 16.3 Å². The Hall–Kier alpha value is -3.40. The summed E-state index contributed by atoms with van der Waals surface area (Å²) < 4.78 is 9.74. The van der Waals surface area contributed by atoms with Crippen LogP contribution in [-0.2, 0) is 17.9 Å². The number of benzene rings is 2. The zero-order valence-electron chi connectivity index (χ0n) is 17.3. The third kappa shape index (κ3) is 3.52. The molecular formula is C24H20ClN5O. The highest BCUT2D eigenvalue weighted by molar-refractivity contribution is 6.31. The largest absolute Gasteiger partial charge is 0.374 e. The molecule has 1 aliphatic rings. The van der Waals surface area contributed by atoms with Gasteiger partial charge in [0.1, 0.15) is 18.6 Å². The highest BCUT2D eigenvalue weighted by Crippen LogP contribution is 2.34. The third-order valence-corrected chi connectivity index (χ3v) is 5.59. The van der Waals surface area contributed by atoms with Gasteiger partial charge in [-0.15, -0.1) is 10.2 Å². The zero-order valence-corrected chi connectivity index (χ0v) is 18.0. The van der Waals surface area contributed by atoms with Crippen molar-refractivity contribution in [3.8, 4) is 28.9 Å². The number of nitrogens with zero attached hydrogens (tertiary/aromatic N) is 5. The average Bonchev–Trinajstić information content (AvgIpc) is 3.33. The molecule has 0 unspecified atom stereocenters. The van der Waals surface area contributed by atoms with E-state index in [1.165, 1.54) is 0 Å². The van der Waals surface area contributed by atoms with Crippen LogP contribution in [0.15, 0.2) is 48.8 Å². The van der Waals surface area contributed by atoms with Crippen molar-refractivity contribution in [3.05, 3.63) is 82.2 Å². The van der Waals surface area contributed by atoms with Gasteiger partial charge in [0, 0.05) is 22.8 Å². The van der Waals surface area contributed by atoms with Crippen molar-refractivity contribution in [3.63, 3.8) is 0 Å². The number of ether oxygens (including phenoxy) is 1. The molecule has 5 rings (SSSR count). The fourth-order valence-electron chi connectivity index (χ4n) is 3.72. The summed E-state index contributed by atoms with van der Waals surface area (Å²) in [7, 11) is 0. The predicted molar refractivity (Wildman–Crippen MR) is 119 cm³/mol. The summed E-state index contributed by atoms with van der Waals surface area (Å²) in [6.45, 7) is 5.55. The van der Waals surface area contributed by atoms with E-state index in [1.54, 1.807) is 0 Å². The van der Waals surface area contributed by atoms with Crippen molar-refractivity contribution >= 4 is 11.6 Å². The monoisotopic (exact) mass is 429 g/mol. The maximum atomic E-state index is 6.32. The van der Waals surface area contributed by atoms with Crippen LogP contribution in [0, 0.1) is 18.8 Å². The second-order valence-corrected chi connectivity index (χ2v) is 7.74. The van der Waals surface area contributed by atoms with Crippen molar-refractivity contribution < 1.29 is 4.74 Å². The quantitative estimate of drug-likeness (QED) is 0.399. The van der Waals surface area contributed by atoms with E-state index >= 15 is 0 Å². The normalized spacial score (nSPS) is 11.7.